The van der Waals surface area contributed by atoms with E-state index < -0.39 is 0 Å². The van der Waals surface area contributed by atoms with Gasteiger partial charge in [0, 0.05) is 13.1 Å². The Balaban J connectivity index is 2.59. The summed E-state index contributed by atoms with van der Waals surface area (Å²) in [4.78, 5) is 14.1. The molecule has 88 valence electrons. The number of likely N-dealkylation sites (tertiary alicyclic amines) is 1. The largest absolute Gasteiger partial charge is 0.341 e. The van der Waals surface area contributed by atoms with Crippen LogP contribution in [0.4, 0.5) is 0 Å². The van der Waals surface area contributed by atoms with Crippen LogP contribution in [0.1, 0.15) is 34.1 Å². The summed E-state index contributed by atoms with van der Waals surface area (Å²) in [5.41, 5.74) is 0. The number of piperidine rings is 1. The summed E-state index contributed by atoms with van der Waals surface area (Å²) >= 11 is 3.49. The predicted molar refractivity (Wildman–Crippen MR) is 67.1 cm³/mol. The standard InChI is InChI=1S/C12H22BrNO/c1-8(2)11(13)12(15)14-6-9(3)5-10(4)7-14/h8-11H,5-7H2,1-4H3/t9-,10-,11+/m1/s1. The molecule has 15 heavy (non-hydrogen) atoms. The SMILES string of the molecule is CC(C)[C@H](Br)C(=O)N1C[C@H](C)C[C@@H](C)C1. The molecule has 1 rings (SSSR count). The molecule has 0 spiro atoms. The zero-order chi connectivity index (χ0) is 11.6. The van der Waals surface area contributed by atoms with Crippen molar-refractivity contribution in [2.24, 2.45) is 17.8 Å². The van der Waals surface area contributed by atoms with Crippen LogP contribution in [0, 0.1) is 17.8 Å². The van der Waals surface area contributed by atoms with Gasteiger partial charge in [-0.25, -0.2) is 0 Å². The molecule has 1 aliphatic heterocycles. The molecule has 1 saturated heterocycles. The van der Waals surface area contributed by atoms with E-state index in [9.17, 15) is 4.79 Å². The van der Waals surface area contributed by atoms with Gasteiger partial charge in [0.15, 0.2) is 0 Å². The molecule has 1 fully saturated rings. The molecule has 0 unspecified atom stereocenters. The van der Waals surface area contributed by atoms with Crippen molar-refractivity contribution in [3.63, 3.8) is 0 Å². The van der Waals surface area contributed by atoms with Gasteiger partial charge in [0.1, 0.15) is 0 Å². The van der Waals surface area contributed by atoms with Crippen LogP contribution in [0.15, 0.2) is 0 Å². The minimum atomic E-state index is -0.0185. The molecule has 3 heteroatoms. The lowest BCUT2D eigenvalue weighted by molar-refractivity contribution is -0.133. The van der Waals surface area contributed by atoms with Crippen molar-refractivity contribution in [2.45, 2.75) is 38.9 Å². The van der Waals surface area contributed by atoms with Crippen molar-refractivity contribution in [3.8, 4) is 0 Å². The normalized spacial score (nSPS) is 29.3. The van der Waals surface area contributed by atoms with Crippen molar-refractivity contribution in [3.05, 3.63) is 0 Å². The summed E-state index contributed by atoms with van der Waals surface area (Å²) in [6.45, 7) is 10.5. The van der Waals surface area contributed by atoms with Gasteiger partial charge >= 0.3 is 0 Å². The zero-order valence-electron chi connectivity index (χ0n) is 10.2. The Hall–Kier alpha value is -0.0500. The number of nitrogens with zero attached hydrogens (tertiary/aromatic N) is 1. The number of carbonyl (C=O) groups is 1. The minimum Gasteiger partial charge on any atom is -0.341 e. The summed E-state index contributed by atoms with van der Waals surface area (Å²) in [6.07, 6.45) is 1.25. The van der Waals surface area contributed by atoms with Gasteiger partial charge in [-0.2, -0.15) is 0 Å². The second-order valence-electron chi connectivity index (χ2n) is 5.34. The van der Waals surface area contributed by atoms with Crippen LogP contribution in [-0.2, 0) is 4.79 Å². The Morgan fingerprint density at radius 1 is 1.27 bits per heavy atom. The molecule has 0 saturated carbocycles. The van der Waals surface area contributed by atoms with Gasteiger partial charge in [0.05, 0.1) is 4.83 Å². The van der Waals surface area contributed by atoms with E-state index in [0.717, 1.165) is 13.1 Å². The van der Waals surface area contributed by atoms with Crippen LogP contribution in [0.3, 0.4) is 0 Å². The van der Waals surface area contributed by atoms with Gasteiger partial charge < -0.3 is 4.90 Å². The highest BCUT2D eigenvalue weighted by Crippen LogP contribution is 2.24. The van der Waals surface area contributed by atoms with E-state index in [1.54, 1.807) is 0 Å². The Bertz CT molecular complexity index is 220. The summed E-state index contributed by atoms with van der Waals surface area (Å²) in [5, 5.41) is 0. The Morgan fingerprint density at radius 3 is 2.13 bits per heavy atom. The lowest BCUT2D eigenvalue weighted by Gasteiger charge is -2.36. The van der Waals surface area contributed by atoms with Gasteiger partial charge in [-0.3, -0.25) is 4.79 Å². The maximum atomic E-state index is 12.1. The summed E-state index contributed by atoms with van der Waals surface area (Å²) in [7, 11) is 0. The first-order chi connectivity index (χ1) is 6.91. The van der Waals surface area contributed by atoms with Crippen molar-refractivity contribution in [1.29, 1.82) is 0 Å². The smallest absolute Gasteiger partial charge is 0.236 e. The van der Waals surface area contributed by atoms with Crippen LogP contribution in [-0.4, -0.2) is 28.7 Å². The Kier molecular flexibility index (Phi) is 4.63. The average Bonchev–Trinajstić information content (AvgIpc) is 2.13. The van der Waals surface area contributed by atoms with E-state index >= 15 is 0 Å². The topological polar surface area (TPSA) is 20.3 Å². The maximum Gasteiger partial charge on any atom is 0.236 e. The van der Waals surface area contributed by atoms with Crippen LogP contribution >= 0.6 is 15.9 Å². The van der Waals surface area contributed by atoms with Crippen molar-refractivity contribution < 1.29 is 4.79 Å². The molecule has 2 nitrogen and oxygen atoms in total. The second kappa shape index (κ2) is 5.33. The minimum absolute atomic E-state index is 0.0185. The first kappa shape index (κ1) is 13.0. The van der Waals surface area contributed by atoms with E-state index in [2.05, 4.69) is 43.6 Å². The number of hydrogen-bond donors (Lipinski definition) is 0. The van der Waals surface area contributed by atoms with E-state index in [1.165, 1.54) is 6.42 Å². The van der Waals surface area contributed by atoms with Gasteiger partial charge in [-0.05, 0) is 24.2 Å². The summed E-state index contributed by atoms with van der Waals surface area (Å²) < 4.78 is 0. The van der Waals surface area contributed by atoms with Gasteiger partial charge in [-0.15, -0.1) is 0 Å². The summed E-state index contributed by atoms with van der Waals surface area (Å²) in [6, 6.07) is 0. The number of halogens is 1. The van der Waals surface area contributed by atoms with E-state index in [-0.39, 0.29) is 10.7 Å². The molecule has 0 aromatic heterocycles. The lowest BCUT2D eigenvalue weighted by atomic mass is 9.91. The monoisotopic (exact) mass is 275 g/mol. The molecule has 0 N–H and O–H groups in total. The van der Waals surface area contributed by atoms with Gasteiger partial charge in [0.25, 0.3) is 0 Å². The highest BCUT2D eigenvalue weighted by molar-refractivity contribution is 9.10. The number of alkyl halides is 1. The van der Waals surface area contributed by atoms with Crippen LogP contribution in [0.2, 0.25) is 0 Å². The summed E-state index contributed by atoms with van der Waals surface area (Å²) in [5.74, 6) is 1.92. The van der Waals surface area contributed by atoms with Gasteiger partial charge in [-0.1, -0.05) is 43.6 Å². The van der Waals surface area contributed by atoms with Crippen LogP contribution in [0.25, 0.3) is 0 Å². The second-order valence-corrected chi connectivity index (χ2v) is 6.32. The molecule has 3 atom stereocenters. The molecule has 0 radical (unpaired) electrons. The molecule has 0 aromatic rings. The fourth-order valence-electron chi connectivity index (χ4n) is 2.30. The molecule has 1 heterocycles. The fraction of sp³-hybridized carbons (Fsp3) is 0.917. The average molecular weight is 276 g/mol. The van der Waals surface area contributed by atoms with Crippen molar-refractivity contribution in [1.82, 2.24) is 4.90 Å². The maximum absolute atomic E-state index is 12.1. The van der Waals surface area contributed by atoms with Crippen molar-refractivity contribution in [2.75, 3.05) is 13.1 Å². The predicted octanol–water partition coefficient (Wildman–Crippen LogP) is 2.91. The molecular weight excluding hydrogens is 254 g/mol. The fourth-order valence-corrected chi connectivity index (χ4v) is 2.59. The number of carbonyl (C=O) groups excluding carboxylic acids is 1. The molecule has 0 aromatic carbocycles. The first-order valence-corrected chi connectivity index (χ1v) is 6.76. The van der Waals surface area contributed by atoms with Crippen molar-refractivity contribution >= 4 is 21.8 Å². The zero-order valence-corrected chi connectivity index (χ0v) is 11.8. The molecule has 1 aliphatic rings. The number of hydrogen-bond acceptors (Lipinski definition) is 1. The highest BCUT2D eigenvalue weighted by Gasteiger charge is 2.29. The molecule has 1 amide bonds. The third-order valence-corrected chi connectivity index (χ3v) is 4.45. The van der Waals surface area contributed by atoms with Gasteiger partial charge in [0.2, 0.25) is 5.91 Å². The third kappa shape index (κ3) is 3.47. The molecule has 0 bridgehead atoms. The van der Waals surface area contributed by atoms with Crippen LogP contribution < -0.4 is 0 Å². The number of rotatable bonds is 2. The molecular formula is C12H22BrNO. The van der Waals surface area contributed by atoms with Crippen LogP contribution in [0.5, 0.6) is 0 Å². The lowest BCUT2D eigenvalue weighted by Crippen LogP contribution is -2.46. The van der Waals surface area contributed by atoms with E-state index in [0.29, 0.717) is 17.8 Å². The number of amides is 1. The highest BCUT2D eigenvalue weighted by atomic mass is 79.9. The Morgan fingerprint density at radius 2 is 1.73 bits per heavy atom. The molecule has 0 aliphatic carbocycles. The first-order valence-electron chi connectivity index (χ1n) is 5.84. The van der Waals surface area contributed by atoms with E-state index in [4.69, 9.17) is 0 Å². The third-order valence-electron chi connectivity index (χ3n) is 3.00. The van der Waals surface area contributed by atoms with E-state index in [1.807, 2.05) is 4.90 Å². The quantitative estimate of drug-likeness (QED) is 0.710. The Labute approximate surface area is 102 Å².